The average molecular weight is 330 g/mol. The molecule has 5 rings (SSSR count). The minimum absolute atomic E-state index is 0.342. The topological polar surface area (TPSA) is 17.1 Å². The highest BCUT2D eigenvalue weighted by molar-refractivity contribution is 5.93. The van der Waals surface area contributed by atoms with Crippen molar-refractivity contribution in [2.45, 2.75) is 51.4 Å². The molecule has 0 radical (unpaired) electrons. The lowest BCUT2D eigenvalue weighted by molar-refractivity contribution is -0.114. The molecule has 1 fully saturated rings. The molecule has 0 heterocycles. The molecule has 0 aromatic heterocycles. The van der Waals surface area contributed by atoms with Gasteiger partial charge in [-0.15, -0.1) is 0 Å². The number of carbonyl (C=O) groups is 1. The van der Waals surface area contributed by atoms with Gasteiger partial charge in [0.25, 0.3) is 0 Å². The summed E-state index contributed by atoms with van der Waals surface area (Å²) in [6, 6.07) is 11.0. The summed E-state index contributed by atoms with van der Waals surface area (Å²) in [6.07, 6.45) is 16.0. The molecule has 1 aromatic carbocycles. The van der Waals surface area contributed by atoms with Crippen LogP contribution in [-0.2, 0) is 11.2 Å². The molecular weight excluding hydrogens is 304 g/mol. The predicted octanol–water partition coefficient (Wildman–Crippen LogP) is 5.58. The first-order valence-electron chi connectivity index (χ1n) is 9.92. The van der Waals surface area contributed by atoms with Gasteiger partial charge < -0.3 is 0 Å². The van der Waals surface area contributed by atoms with E-state index in [0.29, 0.717) is 11.2 Å². The Balaban J connectivity index is 1.49. The van der Waals surface area contributed by atoms with Crippen molar-refractivity contribution >= 4 is 5.78 Å². The lowest BCUT2D eigenvalue weighted by Gasteiger charge is -2.48. The summed E-state index contributed by atoms with van der Waals surface area (Å²) >= 11 is 0. The van der Waals surface area contributed by atoms with E-state index < -0.39 is 0 Å². The van der Waals surface area contributed by atoms with Gasteiger partial charge in [-0.05, 0) is 85.0 Å². The highest BCUT2D eigenvalue weighted by Crippen LogP contribution is 2.58. The summed E-state index contributed by atoms with van der Waals surface area (Å²) in [7, 11) is 0. The Bertz CT molecular complexity index is 795. The SMILES string of the molecule is O=C1C=C2CC[C@@H]3C(=C2CC1)CC[C@]1(Cc2ccccc2)C=CC[C@@H]31. The largest absolute Gasteiger partial charge is 0.295 e. The van der Waals surface area contributed by atoms with E-state index in [2.05, 4.69) is 42.5 Å². The number of allylic oxidation sites excluding steroid dienone is 6. The lowest BCUT2D eigenvalue weighted by Crippen LogP contribution is -2.40. The van der Waals surface area contributed by atoms with Gasteiger partial charge in [0.15, 0.2) is 5.78 Å². The second-order valence-corrected chi connectivity index (χ2v) is 8.42. The molecule has 25 heavy (non-hydrogen) atoms. The Kier molecular flexibility index (Phi) is 3.58. The predicted molar refractivity (Wildman–Crippen MR) is 101 cm³/mol. The van der Waals surface area contributed by atoms with Crippen molar-refractivity contribution in [2.75, 3.05) is 0 Å². The zero-order valence-electron chi connectivity index (χ0n) is 14.8. The van der Waals surface area contributed by atoms with Crippen LogP contribution in [0.5, 0.6) is 0 Å². The van der Waals surface area contributed by atoms with E-state index >= 15 is 0 Å². The minimum atomic E-state index is 0.342. The zero-order valence-corrected chi connectivity index (χ0v) is 14.8. The first-order chi connectivity index (χ1) is 12.3. The number of ketones is 1. The van der Waals surface area contributed by atoms with Crippen LogP contribution in [0.2, 0.25) is 0 Å². The molecule has 0 amide bonds. The number of carbonyl (C=O) groups excluding carboxylic acids is 1. The number of rotatable bonds is 2. The quantitative estimate of drug-likeness (QED) is 0.647. The Morgan fingerprint density at radius 3 is 2.80 bits per heavy atom. The van der Waals surface area contributed by atoms with Crippen molar-refractivity contribution in [3.05, 3.63) is 70.8 Å². The maximum Gasteiger partial charge on any atom is 0.156 e. The summed E-state index contributed by atoms with van der Waals surface area (Å²) in [5.41, 5.74) is 6.53. The summed E-state index contributed by atoms with van der Waals surface area (Å²) in [5, 5.41) is 0. The fraction of sp³-hybridized carbons (Fsp3) is 0.458. The van der Waals surface area contributed by atoms with Gasteiger partial charge in [-0.25, -0.2) is 0 Å². The molecule has 4 aliphatic carbocycles. The fourth-order valence-electron chi connectivity index (χ4n) is 6.10. The molecule has 1 nitrogen and oxygen atoms in total. The average Bonchev–Trinajstić information content (AvgIpc) is 3.06. The molecule has 0 saturated heterocycles. The maximum atomic E-state index is 11.8. The standard InChI is InChI=1S/C24H26O/c25-19-9-11-20-18(15-19)8-10-22-21(20)12-14-24(13-4-7-23(22)24)16-17-5-2-1-3-6-17/h1-6,13,15,22-23H,7-12,14,16H2/t22-,23+,24+/m1/s1. The molecular formula is C24H26O. The second-order valence-electron chi connectivity index (χ2n) is 8.42. The van der Waals surface area contributed by atoms with Crippen molar-refractivity contribution in [1.29, 1.82) is 0 Å². The maximum absolute atomic E-state index is 11.8. The van der Waals surface area contributed by atoms with Crippen molar-refractivity contribution in [3.63, 3.8) is 0 Å². The van der Waals surface area contributed by atoms with E-state index in [9.17, 15) is 4.79 Å². The van der Waals surface area contributed by atoms with Crippen molar-refractivity contribution < 1.29 is 4.79 Å². The number of fused-ring (bicyclic) bond motifs is 4. The minimum Gasteiger partial charge on any atom is -0.295 e. The van der Waals surface area contributed by atoms with Crippen LogP contribution in [0.15, 0.2) is 65.3 Å². The summed E-state index contributed by atoms with van der Waals surface area (Å²) in [6.45, 7) is 0. The molecule has 3 atom stereocenters. The third-order valence-corrected chi connectivity index (χ3v) is 7.20. The van der Waals surface area contributed by atoms with Crippen molar-refractivity contribution in [3.8, 4) is 0 Å². The molecule has 1 aromatic rings. The van der Waals surface area contributed by atoms with Gasteiger partial charge >= 0.3 is 0 Å². The van der Waals surface area contributed by atoms with E-state index in [4.69, 9.17) is 0 Å². The Morgan fingerprint density at radius 2 is 1.92 bits per heavy atom. The summed E-state index contributed by atoms with van der Waals surface area (Å²) in [5.74, 6) is 1.85. The second kappa shape index (κ2) is 5.83. The van der Waals surface area contributed by atoms with E-state index in [1.165, 1.54) is 43.2 Å². The number of hydrogen-bond donors (Lipinski definition) is 0. The Labute approximate surface area is 150 Å². The van der Waals surface area contributed by atoms with Crippen LogP contribution in [0.1, 0.15) is 50.5 Å². The van der Waals surface area contributed by atoms with Crippen molar-refractivity contribution in [2.24, 2.45) is 17.3 Å². The van der Waals surface area contributed by atoms with Crippen LogP contribution >= 0.6 is 0 Å². The molecule has 128 valence electrons. The molecule has 4 aliphatic rings. The normalized spacial score (nSPS) is 33.6. The monoisotopic (exact) mass is 330 g/mol. The molecule has 0 spiro atoms. The van der Waals surface area contributed by atoms with Gasteiger partial charge in [0, 0.05) is 6.42 Å². The van der Waals surface area contributed by atoms with E-state index in [0.717, 1.165) is 31.1 Å². The Morgan fingerprint density at radius 1 is 1.04 bits per heavy atom. The van der Waals surface area contributed by atoms with E-state index in [1.54, 1.807) is 11.1 Å². The smallest absolute Gasteiger partial charge is 0.156 e. The molecule has 0 aliphatic heterocycles. The highest BCUT2D eigenvalue weighted by Gasteiger charge is 2.49. The van der Waals surface area contributed by atoms with Crippen LogP contribution in [0.3, 0.4) is 0 Å². The lowest BCUT2D eigenvalue weighted by atomic mass is 9.55. The molecule has 0 unspecified atom stereocenters. The van der Waals surface area contributed by atoms with Crippen molar-refractivity contribution in [1.82, 2.24) is 0 Å². The van der Waals surface area contributed by atoms with Crippen LogP contribution < -0.4 is 0 Å². The van der Waals surface area contributed by atoms with Gasteiger partial charge in [-0.2, -0.15) is 0 Å². The molecule has 1 heteroatoms. The third kappa shape index (κ3) is 2.47. The molecule has 1 saturated carbocycles. The van der Waals surface area contributed by atoms with Gasteiger partial charge in [0.1, 0.15) is 0 Å². The highest BCUT2D eigenvalue weighted by atomic mass is 16.1. The van der Waals surface area contributed by atoms with Crippen LogP contribution in [0, 0.1) is 17.3 Å². The molecule has 0 N–H and O–H groups in total. The fourth-order valence-corrected chi connectivity index (χ4v) is 6.10. The third-order valence-electron chi connectivity index (χ3n) is 7.20. The van der Waals surface area contributed by atoms with Crippen LogP contribution in [-0.4, -0.2) is 5.78 Å². The van der Waals surface area contributed by atoms with Crippen LogP contribution in [0.4, 0.5) is 0 Å². The summed E-state index contributed by atoms with van der Waals surface area (Å²) in [4.78, 5) is 11.8. The molecule has 0 bridgehead atoms. The zero-order chi connectivity index (χ0) is 16.9. The van der Waals surface area contributed by atoms with Gasteiger partial charge in [-0.1, -0.05) is 48.1 Å². The first kappa shape index (κ1) is 15.4. The Hall–Kier alpha value is -1.89. The number of benzene rings is 1. The van der Waals surface area contributed by atoms with Gasteiger partial charge in [0.05, 0.1) is 0 Å². The van der Waals surface area contributed by atoms with E-state index in [1.807, 2.05) is 6.08 Å². The van der Waals surface area contributed by atoms with Gasteiger partial charge in [-0.3, -0.25) is 4.79 Å². The van der Waals surface area contributed by atoms with E-state index in [-0.39, 0.29) is 0 Å². The van der Waals surface area contributed by atoms with Crippen LogP contribution in [0.25, 0.3) is 0 Å². The van der Waals surface area contributed by atoms with Gasteiger partial charge in [0.2, 0.25) is 0 Å². The summed E-state index contributed by atoms with van der Waals surface area (Å²) < 4.78 is 0. The first-order valence-corrected chi connectivity index (χ1v) is 9.92. The number of hydrogen-bond acceptors (Lipinski definition) is 1.